The van der Waals surface area contributed by atoms with E-state index in [1.807, 2.05) is 0 Å². The molecular weight excluding hydrogens is 340 g/mol. The molecule has 3 aromatic carbocycles. The van der Waals surface area contributed by atoms with Crippen molar-refractivity contribution < 1.29 is 0 Å². The fourth-order valence-corrected chi connectivity index (χ4v) is 3.60. The zero-order valence-corrected chi connectivity index (χ0v) is 16.8. The SMILES string of the molecule is Cc1ccc(-c2nc(-c3ccccc3)c(-c3ccccc3)n2CC(C)C)cc1. The van der Waals surface area contributed by atoms with Crippen molar-refractivity contribution in [1.29, 1.82) is 0 Å². The van der Waals surface area contributed by atoms with Crippen LogP contribution in [0.1, 0.15) is 19.4 Å². The highest BCUT2D eigenvalue weighted by Gasteiger charge is 2.21. The molecule has 28 heavy (non-hydrogen) atoms. The highest BCUT2D eigenvalue weighted by atomic mass is 15.1. The van der Waals surface area contributed by atoms with Crippen molar-refractivity contribution in [3.05, 3.63) is 90.5 Å². The molecule has 140 valence electrons. The molecule has 0 aliphatic heterocycles. The van der Waals surface area contributed by atoms with Crippen LogP contribution in [-0.4, -0.2) is 9.55 Å². The summed E-state index contributed by atoms with van der Waals surface area (Å²) in [5.74, 6) is 1.55. The minimum absolute atomic E-state index is 0.518. The lowest BCUT2D eigenvalue weighted by atomic mass is 10.0. The van der Waals surface area contributed by atoms with Gasteiger partial charge < -0.3 is 4.57 Å². The normalized spacial score (nSPS) is 11.1. The van der Waals surface area contributed by atoms with Gasteiger partial charge in [0, 0.05) is 23.2 Å². The third-order valence-corrected chi connectivity index (χ3v) is 4.92. The second kappa shape index (κ2) is 7.85. The van der Waals surface area contributed by atoms with Gasteiger partial charge in [0.15, 0.2) is 0 Å². The summed E-state index contributed by atoms with van der Waals surface area (Å²) in [5, 5.41) is 0. The van der Waals surface area contributed by atoms with Crippen molar-refractivity contribution in [2.75, 3.05) is 0 Å². The van der Waals surface area contributed by atoms with E-state index in [-0.39, 0.29) is 0 Å². The number of hydrogen-bond donors (Lipinski definition) is 0. The van der Waals surface area contributed by atoms with E-state index in [1.165, 1.54) is 16.8 Å². The molecule has 0 atom stereocenters. The van der Waals surface area contributed by atoms with Crippen molar-refractivity contribution in [1.82, 2.24) is 9.55 Å². The molecular formula is C26H26N2. The van der Waals surface area contributed by atoms with Gasteiger partial charge in [-0.2, -0.15) is 0 Å². The van der Waals surface area contributed by atoms with Crippen LogP contribution in [0.2, 0.25) is 0 Å². The van der Waals surface area contributed by atoms with Crippen LogP contribution in [0.4, 0.5) is 0 Å². The van der Waals surface area contributed by atoms with Gasteiger partial charge >= 0.3 is 0 Å². The number of imidazole rings is 1. The Kier molecular flexibility index (Phi) is 5.12. The van der Waals surface area contributed by atoms with Crippen LogP contribution in [0.3, 0.4) is 0 Å². The summed E-state index contributed by atoms with van der Waals surface area (Å²) in [6.07, 6.45) is 0. The van der Waals surface area contributed by atoms with Crippen molar-refractivity contribution >= 4 is 0 Å². The molecule has 0 aliphatic rings. The van der Waals surface area contributed by atoms with E-state index in [1.54, 1.807) is 0 Å². The second-order valence-electron chi connectivity index (χ2n) is 7.74. The Morgan fingerprint density at radius 2 is 1.29 bits per heavy atom. The van der Waals surface area contributed by atoms with Crippen molar-refractivity contribution in [2.45, 2.75) is 27.3 Å². The zero-order chi connectivity index (χ0) is 19.5. The highest BCUT2D eigenvalue weighted by Crippen LogP contribution is 2.36. The lowest BCUT2D eigenvalue weighted by Crippen LogP contribution is -2.08. The minimum atomic E-state index is 0.518. The Labute approximate surface area is 167 Å². The molecule has 0 radical (unpaired) electrons. The first-order valence-electron chi connectivity index (χ1n) is 9.92. The molecule has 0 unspecified atom stereocenters. The van der Waals surface area contributed by atoms with Gasteiger partial charge in [-0.1, -0.05) is 104 Å². The van der Waals surface area contributed by atoms with E-state index in [0.717, 1.165) is 29.2 Å². The summed E-state index contributed by atoms with van der Waals surface area (Å²) >= 11 is 0. The van der Waals surface area contributed by atoms with Crippen LogP contribution in [0.25, 0.3) is 33.9 Å². The lowest BCUT2D eigenvalue weighted by Gasteiger charge is -2.15. The third-order valence-electron chi connectivity index (χ3n) is 4.92. The van der Waals surface area contributed by atoms with Crippen molar-refractivity contribution in [3.63, 3.8) is 0 Å². The smallest absolute Gasteiger partial charge is 0.141 e. The van der Waals surface area contributed by atoms with Gasteiger partial charge in [0.05, 0.1) is 11.4 Å². The maximum atomic E-state index is 5.17. The average Bonchev–Trinajstić information content (AvgIpc) is 3.08. The first kappa shape index (κ1) is 18.2. The number of hydrogen-bond acceptors (Lipinski definition) is 1. The molecule has 0 N–H and O–H groups in total. The zero-order valence-electron chi connectivity index (χ0n) is 16.8. The van der Waals surface area contributed by atoms with Crippen LogP contribution < -0.4 is 0 Å². The third kappa shape index (κ3) is 3.63. The maximum Gasteiger partial charge on any atom is 0.141 e. The standard InChI is InChI=1S/C26H26N2/c1-19(2)18-28-25(22-12-8-5-9-13-22)24(21-10-6-4-7-11-21)27-26(28)23-16-14-20(3)15-17-23/h4-17,19H,18H2,1-3H3. The van der Waals surface area contributed by atoms with Gasteiger partial charge in [-0.15, -0.1) is 0 Å². The summed E-state index contributed by atoms with van der Waals surface area (Å²) in [4.78, 5) is 5.17. The molecule has 0 saturated heterocycles. The quantitative estimate of drug-likeness (QED) is 0.378. The molecule has 0 bridgehead atoms. The van der Waals surface area contributed by atoms with Gasteiger partial charge in [-0.25, -0.2) is 4.98 Å². The van der Waals surface area contributed by atoms with Gasteiger partial charge in [-0.3, -0.25) is 0 Å². The molecule has 1 aromatic heterocycles. The fourth-order valence-electron chi connectivity index (χ4n) is 3.60. The fraction of sp³-hybridized carbons (Fsp3) is 0.192. The molecule has 4 aromatic rings. The predicted molar refractivity (Wildman–Crippen MR) is 118 cm³/mol. The second-order valence-corrected chi connectivity index (χ2v) is 7.74. The van der Waals surface area contributed by atoms with Crippen LogP contribution in [-0.2, 0) is 6.54 Å². The highest BCUT2D eigenvalue weighted by molar-refractivity contribution is 5.82. The van der Waals surface area contributed by atoms with Crippen LogP contribution in [0.5, 0.6) is 0 Å². The first-order valence-corrected chi connectivity index (χ1v) is 9.92. The van der Waals surface area contributed by atoms with Gasteiger partial charge in [0.1, 0.15) is 5.82 Å². The largest absolute Gasteiger partial charge is 0.323 e. The Balaban J connectivity index is 2.01. The van der Waals surface area contributed by atoms with E-state index in [9.17, 15) is 0 Å². The van der Waals surface area contributed by atoms with E-state index in [0.29, 0.717) is 5.92 Å². The van der Waals surface area contributed by atoms with Gasteiger partial charge in [0.2, 0.25) is 0 Å². The van der Waals surface area contributed by atoms with Crippen LogP contribution in [0, 0.1) is 12.8 Å². The summed E-state index contributed by atoms with van der Waals surface area (Å²) in [7, 11) is 0. The summed E-state index contributed by atoms with van der Waals surface area (Å²) in [6.45, 7) is 7.56. The molecule has 0 fully saturated rings. The number of nitrogens with zero attached hydrogens (tertiary/aromatic N) is 2. The number of benzene rings is 3. The monoisotopic (exact) mass is 366 g/mol. The van der Waals surface area contributed by atoms with Crippen molar-refractivity contribution in [2.24, 2.45) is 5.92 Å². The molecule has 2 heteroatoms. The first-order chi connectivity index (χ1) is 13.6. The predicted octanol–water partition coefficient (Wildman–Crippen LogP) is 6.85. The Bertz CT molecular complexity index is 1040. The Morgan fingerprint density at radius 3 is 1.86 bits per heavy atom. The maximum absolute atomic E-state index is 5.17. The molecule has 0 amide bonds. The topological polar surface area (TPSA) is 17.8 Å². The summed E-state index contributed by atoms with van der Waals surface area (Å²) in [5.41, 5.74) is 7.01. The minimum Gasteiger partial charge on any atom is -0.323 e. The van der Waals surface area contributed by atoms with Gasteiger partial charge in [0.25, 0.3) is 0 Å². The molecule has 0 spiro atoms. The molecule has 0 aliphatic carbocycles. The lowest BCUT2D eigenvalue weighted by molar-refractivity contribution is 0.530. The molecule has 0 saturated carbocycles. The molecule has 2 nitrogen and oxygen atoms in total. The average molecular weight is 367 g/mol. The number of aryl methyl sites for hydroxylation is 1. The molecule has 4 rings (SSSR count). The van der Waals surface area contributed by atoms with Crippen LogP contribution in [0.15, 0.2) is 84.9 Å². The van der Waals surface area contributed by atoms with E-state index >= 15 is 0 Å². The summed E-state index contributed by atoms with van der Waals surface area (Å²) in [6, 6.07) is 29.8. The Morgan fingerprint density at radius 1 is 0.714 bits per heavy atom. The van der Waals surface area contributed by atoms with E-state index in [4.69, 9.17) is 4.98 Å². The number of aromatic nitrogens is 2. The van der Waals surface area contributed by atoms with Gasteiger partial charge in [-0.05, 0) is 12.8 Å². The van der Waals surface area contributed by atoms with Crippen LogP contribution >= 0.6 is 0 Å². The molecule has 1 heterocycles. The summed E-state index contributed by atoms with van der Waals surface area (Å²) < 4.78 is 2.40. The van der Waals surface area contributed by atoms with E-state index in [2.05, 4.69) is 110 Å². The van der Waals surface area contributed by atoms with E-state index < -0.39 is 0 Å². The number of rotatable bonds is 5. The van der Waals surface area contributed by atoms with Crippen molar-refractivity contribution in [3.8, 4) is 33.9 Å². The Hall–Kier alpha value is -3.13.